The van der Waals surface area contributed by atoms with Crippen LogP contribution < -0.4 is 10.8 Å². The molecular weight excluding hydrogens is 356 g/mol. The van der Waals surface area contributed by atoms with Crippen LogP contribution in [-0.2, 0) is 28.7 Å². The van der Waals surface area contributed by atoms with E-state index in [1.54, 1.807) is 0 Å². The maximum Gasteiger partial charge on any atom is 0.328 e. The summed E-state index contributed by atoms with van der Waals surface area (Å²) in [7, 11) is 0. The number of ether oxygens (including phenoxy) is 2. The summed E-state index contributed by atoms with van der Waals surface area (Å²) in [4.78, 5) is 38.1. The van der Waals surface area contributed by atoms with E-state index < -0.39 is 23.9 Å². The molecule has 26 heavy (non-hydrogen) atoms. The van der Waals surface area contributed by atoms with Crippen molar-refractivity contribution < 1.29 is 54.8 Å². The van der Waals surface area contributed by atoms with Crippen LogP contribution in [0.5, 0.6) is 0 Å². The van der Waals surface area contributed by atoms with Crippen molar-refractivity contribution >= 4 is 23.9 Å². The largest absolute Gasteiger partial charge is 0.676 e. The third kappa shape index (κ3) is 42.9. The maximum absolute atomic E-state index is 9.55. The Morgan fingerprint density at radius 3 is 1.46 bits per heavy atom. The Kier molecular flexibility index (Phi) is 23.9. The Balaban J connectivity index is -0.000000308. The van der Waals surface area contributed by atoms with Gasteiger partial charge in [0, 0.05) is 24.8 Å². The summed E-state index contributed by atoms with van der Waals surface area (Å²) in [6, 6.07) is 0. The molecule has 0 radical (unpaired) electrons. The molecule has 12 nitrogen and oxygen atoms in total. The van der Waals surface area contributed by atoms with Gasteiger partial charge in [-0.15, -0.1) is 6.54 Å². The maximum atomic E-state index is 9.55. The number of hydrogen-bond donors (Lipinski definition) is 4. The van der Waals surface area contributed by atoms with E-state index in [4.69, 9.17) is 30.5 Å². The molecule has 7 N–H and O–H groups in total. The summed E-state index contributed by atoms with van der Waals surface area (Å²) in [5.41, 5.74) is 10.4. The zero-order chi connectivity index (χ0) is 20.8. The molecule has 150 valence electrons. The highest BCUT2D eigenvalue weighted by atomic mass is 16.5. The van der Waals surface area contributed by atoms with E-state index >= 15 is 0 Å². The standard InChI is InChI=1S/C6H15N2O2.2C4H4O4/c7-1-3-9-5-6-10-4-2-8;2*5-3(6)1-2-4(7)8/h7H,1-6,8H2;2*1-2H,(H,5,6)(H,7,8)/q-1;;/b;2*2-1+. The SMILES string of the molecule is O=C(O)/C=C/C(=O)O.O=C([O-])/C=C/C(=O)O.[NH-]CCOCCOCC[NH3+]. The van der Waals surface area contributed by atoms with E-state index in [0.717, 1.165) is 6.54 Å². The molecule has 0 atom stereocenters. The molecule has 0 spiro atoms. The highest BCUT2D eigenvalue weighted by molar-refractivity contribution is 5.89. The van der Waals surface area contributed by atoms with E-state index in [0.29, 0.717) is 57.3 Å². The van der Waals surface area contributed by atoms with Crippen LogP contribution in [-0.4, -0.2) is 78.7 Å². The number of carbonyl (C=O) groups is 4. The topological polar surface area (TPSA) is 222 Å². The molecule has 0 saturated carbocycles. The average molecular weight is 379 g/mol. The minimum atomic E-state index is -1.51. The molecule has 0 aliphatic rings. The van der Waals surface area contributed by atoms with Gasteiger partial charge in [0.25, 0.3) is 0 Å². The molecule has 0 aromatic carbocycles. The van der Waals surface area contributed by atoms with E-state index in [2.05, 4.69) is 5.73 Å². The van der Waals surface area contributed by atoms with E-state index in [1.165, 1.54) is 0 Å². The predicted molar refractivity (Wildman–Crippen MR) is 84.8 cm³/mol. The van der Waals surface area contributed by atoms with Crippen molar-refractivity contribution in [3.63, 3.8) is 0 Å². The third-order valence-corrected chi connectivity index (χ3v) is 1.64. The molecule has 0 unspecified atom stereocenters. The van der Waals surface area contributed by atoms with E-state index in [9.17, 15) is 24.3 Å². The Morgan fingerprint density at radius 2 is 1.19 bits per heavy atom. The summed E-state index contributed by atoms with van der Waals surface area (Å²) in [5, 5.41) is 32.9. The highest BCUT2D eigenvalue weighted by Crippen LogP contribution is 1.77. The number of carboxylic acids is 4. The summed E-state index contributed by atoms with van der Waals surface area (Å²) in [5.74, 6) is -5.32. The lowest BCUT2D eigenvalue weighted by Gasteiger charge is -2.04. The monoisotopic (exact) mass is 379 g/mol. The smallest absolute Gasteiger partial charge is 0.328 e. The summed E-state index contributed by atoms with van der Waals surface area (Å²) < 4.78 is 10.1. The first-order chi connectivity index (χ1) is 12.2. The van der Waals surface area contributed by atoms with Gasteiger partial charge in [0.15, 0.2) is 0 Å². The summed E-state index contributed by atoms with van der Waals surface area (Å²) in [6.07, 6.45) is 2.06. The molecule has 0 saturated heterocycles. The molecule has 12 heteroatoms. The molecule has 0 amide bonds. The van der Waals surface area contributed by atoms with Crippen molar-refractivity contribution in [3.05, 3.63) is 30.0 Å². The van der Waals surface area contributed by atoms with Gasteiger partial charge in [0.2, 0.25) is 0 Å². The lowest BCUT2D eigenvalue weighted by Crippen LogP contribution is -2.52. The number of carbonyl (C=O) groups excluding carboxylic acids is 1. The quantitative estimate of drug-likeness (QED) is 0.216. The number of rotatable bonds is 11. The van der Waals surface area contributed by atoms with Crippen molar-refractivity contribution in [2.24, 2.45) is 0 Å². The van der Waals surface area contributed by atoms with Gasteiger partial charge < -0.3 is 46.2 Å². The zero-order valence-corrected chi connectivity index (χ0v) is 14.0. The Bertz CT molecular complexity index is 389. The van der Waals surface area contributed by atoms with Crippen molar-refractivity contribution in [1.82, 2.24) is 0 Å². The second kappa shape index (κ2) is 22.2. The molecule has 0 aliphatic carbocycles. The number of hydrogen-bond acceptors (Lipinski definition) is 7. The van der Waals surface area contributed by atoms with Crippen LogP contribution in [0.2, 0.25) is 0 Å². The molecule has 0 aliphatic heterocycles. The van der Waals surface area contributed by atoms with Gasteiger partial charge in [0.05, 0.1) is 32.3 Å². The van der Waals surface area contributed by atoms with Crippen LogP contribution in [0.4, 0.5) is 0 Å². The Labute approximate surface area is 149 Å². The van der Waals surface area contributed by atoms with E-state index in [-0.39, 0.29) is 0 Å². The van der Waals surface area contributed by atoms with E-state index in [1.807, 2.05) is 0 Å². The van der Waals surface area contributed by atoms with Crippen LogP contribution >= 0.6 is 0 Å². The highest BCUT2D eigenvalue weighted by Gasteiger charge is 1.88. The summed E-state index contributed by atoms with van der Waals surface area (Å²) in [6.45, 7) is 3.56. The van der Waals surface area contributed by atoms with Gasteiger partial charge in [-0.2, -0.15) is 0 Å². The zero-order valence-electron chi connectivity index (χ0n) is 14.0. The first-order valence-corrected chi connectivity index (χ1v) is 7.02. The molecule has 0 aromatic rings. The van der Waals surface area contributed by atoms with Gasteiger partial charge in [0.1, 0.15) is 0 Å². The fraction of sp³-hybridized carbons (Fsp3) is 0.429. The van der Waals surface area contributed by atoms with Crippen molar-refractivity contribution in [2.75, 3.05) is 39.5 Å². The minimum absolute atomic E-state index is 0.329. The average Bonchev–Trinajstić information content (AvgIpc) is 2.55. The fourth-order valence-electron chi connectivity index (χ4n) is 0.778. The van der Waals surface area contributed by atoms with Gasteiger partial charge in [-0.3, -0.25) is 0 Å². The molecule has 0 aromatic heterocycles. The normalized spacial score (nSPS) is 9.77. The second-order valence-electron chi connectivity index (χ2n) is 3.83. The van der Waals surface area contributed by atoms with Crippen LogP contribution in [0.15, 0.2) is 24.3 Å². The fourth-order valence-corrected chi connectivity index (χ4v) is 0.778. The lowest BCUT2D eigenvalue weighted by atomic mass is 10.5. The molecule has 0 bridgehead atoms. The molecule has 0 fully saturated rings. The lowest BCUT2D eigenvalue weighted by molar-refractivity contribution is -0.374. The van der Waals surface area contributed by atoms with Crippen molar-refractivity contribution in [2.45, 2.75) is 0 Å². The van der Waals surface area contributed by atoms with Gasteiger partial charge in [-0.1, -0.05) is 0 Å². The number of carboxylic acid groups (broad SMARTS) is 4. The predicted octanol–water partition coefficient (Wildman–Crippen LogP) is -2.60. The minimum Gasteiger partial charge on any atom is -0.676 e. The number of nitrogens with one attached hydrogen (secondary N) is 1. The van der Waals surface area contributed by atoms with Crippen LogP contribution in [0, 0.1) is 0 Å². The number of aliphatic carboxylic acids is 4. The van der Waals surface area contributed by atoms with Gasteiger partial charge in [-0.25, -0.2) is 14.4 Å². The van der Waals surface area contributed by atoms with Crippen molar-refractivity contribution in [1.29, 1.82) is 0 Å². The molecule has 0 rings (SSSR count). The van der Waals surface area contributed by atoms with Gasteiger partial charge >= 0.3 is 17.9 Å². The first kappa shape index (κ1) is 28.0. The Morgan fingerprint density at radius 1 is 0.808 bits per heavy atom. The van der Waals surface area contributed by atoms with Gasteiger partial charge in [-0.05, 0) is 6.08 Å². The first-order valence-electron chi connectivity index (χ1n) is 7.02. The second-order valence-corrected chi connectivity index (χ2v) is 3.83. The Hall–Kier alpha value is -2.80. The van der Waals surface area contributed by atoms with Crippen LogP contribution in [0.1, 0.15) is 0 Å². The molecular formula is C14H23N2O10-. The van der Waals surface area contributed by atoms with Crippen LogP contribution in [0.3, 0.4) is 0 Å². The van der Waals surface area contributed by atoms with Crippen molar-refractivity contribution in [3.8, 4) is 0 Å². The van der Waals surface area contributed by atoms with Crippen LogP contribution in [0.25, 0.3) is 5.73 Å². The summed E-state index contributed by atoms with van der Waals surface area (Å²) >= 11 is 0. The number of quaternary nitrogens is 1. The molecule has 0 heterocycles. The third-order valence-electron chi connectivity index (χ3n) is 1.64.